The van der Waals surface area contributed by atoms with E-state index in [0.29, 0.717) is 30.9 Å². The molecule has 0 aromatic heterocycles. The number of anilines is 1. The summed E-state index contributed by atoms with van der Waals surface area (Å²) in [6.45, 7) is 2.64. The number of halogens is 1. The standard InChI is InChI=1S/C18H20FNO2/c1-2-12-22-17-9-4-3-8-16(17)20-18(21)11-10-14-6-5-7-15(19)13-14/h3-9,13H,2,10-12H2,1H3,(H,20,21). The Morgan fingerprint density at radius 2 is 2.00 bits per heavy atom. The average molecular weight is 301 g/mol. The van der Waals surface area contributed by atoms with Gasteiger partial charge in [0, 0.05) is 6.42 Å². The van der Waals surface area contributed by atoms with Crippen molar-refractivity contribution in [3.8, 4) is 5.75 Å². The number of hydrogen-bond acceptors (Lipinski definition) is 2. The van der Waals surface area contributed by atoms with Gasteiger partial charge in [0.25, 0.3) is 0 Å². The first-order chi connectivity index (χ1) is 10.7. The van der Waals surface area contributed by atoms with Crippen LogP contribution >= 0.6 is 0 Å². The van der Waals surface area contributed by atoms with Gasteiger partial charge < -0.3 is 10.1 Å². The molecule has 0 atom stereocenters. The summed E-state index contributed by atoms with van der Waals surface area (Å²) >= 11 is 0. The maximum atomic E-state index is 13.1. The zero-order valence-electron chi connectivity index (χ0n) is 12.6. The molecule has 22 heavy (non-hydrogen) atoms. The molecule has 0 radical (unpaired) electrons. The Morgan fingerprint density at radius 3 is 2.77 bits per heavy atom. The molecule has 0 unspecified atom stereocenters. The minimum Gasteiger partial charge on any atom is -0.491 e. The number of ether oxygens (including phenoxy) is 1. The highest BCUT2D eigenvalue weighted by Crippen LogP contribution is 2.24. The van der Waals surface area contributed by atoms with Crippen molar-refractivity contribution in [2.75, 3.05) is 11.9 Å². The maximum Gasteiger partial charge on any atom is 0.224 e. The Balaban J connectivity index is 1.92. The van der Waals surface area contributed by atoms with Crippen molar-refractivity contribution in [3.63, 3.8) is 0 Å². The van der Waals surface area contributed by atoms with Gasteiger partial charge in [-0.25, -0.2) is 4.39 Å². The van der Waals surface area contributed by atoms with Crippen LogP contribution in [-0.4, -0.2) is 12.5 Å². The quantitative estimate of drug-likeness (QED) is 0.833. The highest BCUT2D eigenvalue weighted by molar-refractivity contribution is 5.92. The molecule has 0 heterocycles. The van der Waals surface area contributed by atoms with E-state index < -0.39 is 0 Å². The number of nitrogens with one attached hydrogen (secondary N) is 1. The largest absolute Gasteiger partial charge is 0.491 e. The zero-order chi connectivity index (χ0) is 15.8. The number of carbonyl (C=O) groups excluding carboxylic acids is 1. The molecule has 0 fully saturated rings. The minimum atomic E-state index is -0.281. The van der Waals surface area contributed by atoms with Crippen molar-refractivity contribution in [1.82, 2.24) is 0 Å². The van der Waals surface area contributed by atoms with E-state index in [-0.39, 0.29) is 11.7 Å². The monoisotopic (exact) mass is 301 g/mol. The molecule has 116 valence electrons. The summed E-state index contributed by atoms with van der Waals surface area (Å²) in [5, 5.41) is 2.85. The Kier molecular flexibility index (Phi) is 5.95. The molecule has 2 aromatic rings. The van der Waals surface area contributed by atoms with Crippen molar-refractivity contribution in [3.05, 3.63) is 59.9 Å². The molecule has 1 N–H and O–H groups in total. The molecule has 0 aliphatic carbocycles. The first kappa shape index (κ1) is 16.0. The minimum absolute atomic E-state index is 0.114. The van der Waals surface area contributed by atoms with Gasteiger partial charge in [0.05, 0.1) is 12.3 Å². The van der Waals surface area contributed by atoms with E-state index in [2.05, 4.69) is 5.32 Å². The van der Waals surface area contributed by atoms with Gasteiger partial charge >= 0.3 is 0 Å². The van der Waals surface area contributed by atoms with E-state index in [9.17, 15) is 9.18 Å². The molecule has 1 amide bonds. The van der Waals surface area contributed by atoms with Crippen LogP contribution in [0.4, 0.5) is 10.1 Å². The number of hydrogen-bond donors (Lipinski definition) is 1. The van der Waals surface area contributed by atoms with E-state index in [0.717, 1.165) is 12.0 Å². The van der Waals surface area contributed by atoms with Crippen LogP contribution in [-0.2, 0) is 11.2 Å². The number of benzene rings is 2. The number of para-hydroxylation sites is 2. The topological polar surface area (TPSA) is 38.3 Å². The van der Waals surface area contributed by atoms with E-state index in [4.69, 9.17) is 4.74 Å². The van der Waals surface area contributed by atoms with Gasteiger partial charge in [0.1, 0.15) is 11.6 Å². The number of carbonyl (C=O) groups is 1. The molecule has 2 rings (SSSR count). The fraction of sp³-hybridized carbons (Fsp3) is 0.278. The lowest BCUT2D eigenvalue weighted by Crippen LogP contribution is -2.13. The van der Waals surface area contributed by atoms with Gasteiger partial charge in [0.2, 0.25) is 5.91 Å². The molecular weight excluding hydrogens is 281 g/mol. The first-order valence-electron chi connectivity index (χ1n) is 7.45. The molecule has 0 saturated carbocycles. The molecule has 0 bridgehead atoms. The first-order valence-corrected chi connectivity index (χ1v) is 7.45. The van der Waals surface area contributed by atoms with Crippen molar-refractivity contribution in [2.24, 2.45) is 0 Å². The van der Waals surface area contributed by atoms with Crippen molar-refractivity contribution >= 4 is 11.6 Å². The third kappa shape index (κ3) is 4.88. The summed E-state index contributed by atoms with van der Waals surface area (Å²) in [6.07, 6.45) is 1.70. The lowest BCUT2D eigenvalue weighted by Gasteiger charge is -2.12. The molecular formula is C18H20FNO2. The average Bonchev–Trinajstić information content (AvgIpc) is 2.52. The summed E-state index contributed by atoms with van der Waals surface area (Å²) in [5.74, 6) is 0.275. The lowest BCUT2D eigenvalue weighted by molar-refractivity contribution is -0.116. The lowest BCUT2D eigenvalue weighted by atomic mass is 10.1. The predicted molar refractivity (Wildman–Crippen MR) is 85.6 cm³/mol. The van der Waals surface area contributed by atoms with E-state index in [1.165, 1.54) is 12.1 Å². The van der Waals surface area contributed by atoms with Crippen LogP contribution in [0.1, 0.15) is 25.3 Å². The molecule has 3 nitrogen and oxygen atoms in total. The van der Waals surface area contributed by atoms with Crippen LogP contribution in [0, 0.1) is 5.82 Å². The van der Waals surface area contributed by atoms with Gasteiger partial charge in [-0.3, -0.25) is 4.79 Å². The fourth-order valence-electron chi connectivity index (χ4n) is 2.07. The summed E-state index contributed by atoms with van der Waals surface area (Å²) in [7, 11) is 0. The van der Waals surface area contributed by atoms with Crippen LogP contribution in [0.5, 0.6) is 5.75 Å². The molecule has 0 saturated heterocycles. The molecule has 2 aromatic carbocycles. The van der Waals surface area contributed by atoms with Gasteiger partial charge in [-0.1, -0.05) is 31.2 Å². The number of aryl methyl sites for hydroxylation is 1. The summed E-state index contributed by atoms with van der Waals surface area (Å²) in [6, 6.07) is 13.7. The number of rotatable bonds is 7. The molecule has 0 aliphatic heterocycles. The van der Waals surface area contributed by atoms with Gasteiger partial charge in [-0.05, 0) is 42.7 Å². The van der Waals surface area contributed by atoms with Gasteiger partial charge in [-0.15, -0.1) is 0 Å². The van der Waals surface area contributed by atoms with Crippen LogP contribution in [0.2, 0.25) is 0 Å². The van der Waals surface area contributed by atoms with E-state index in [1.807, 2.05) is 37.3 Å². The SMILES string of the molecule is CCCOc1ccccc1NC(=O)CCc1cccc(F)c1. The van der Waals surface area contributed by atoms with E-state index in [1.54, 1.807) is 6.07 Å². The second-order valence-electron chi connectivity index (χ2n) is 5.02. The smallest absolute Gasteiger partial charge is 0.224 e. The molecule has 0 spiro atoms. The van der Waals surface area contributed by atoms with Crippen molar-refractivity contribution in [1.29, 1.82) is 0 Å². The summed E-state index contributed by atoms with van der Waals surface area (Å²) in [4.78, 5) is 12.0. The van der Waals surface area contributed by atoms with Gasteiger partial charge in [0.15, 0.2) is 0 Å². The zero-order valence-corrected chi connectivity index (χ0v) is 12.6. The second-order valence-corrected chi connectivity index (χ2v) is 5.02. The van der Waals surface area contributed by atoms with Crippen LogP contribution in [0.15, 0.2) is 48.5 Å². The maximum absolute atomic E-state index is 13.1. The van der Waals surface area contributed by atoms with E-state index >= 15 is 0 Å². The fourth-order valence-corrected chi connectivity index (χ4v) is 2.07. The number of amides is 1. The van der Waals surface area contributed by atoms with Crippen molar-refractivity contribution < 1.29 is 13.9 Å². The highest BCUT2D eigenvalue weighted by atomic mass is 19.1. The Hall–Kier alpha value is -2.36. The Morgan fingerprint density at radius 1 is 1.18 bits per heavy atom. The predicted octanol–water partition coefficient (Wildman–Crippen LogP) is 4.19. The third-order valence-electron chi connectivity index (χ3n) is 3.15. The summed E-state index contributed by atoms with van der Waals surface area (Å²) in [5.41, 5.74) is 1.48. The summed E-state index contributed by atoms with van der Waals surface area (Å²) < 4.78 is 18.7. The molecule has 0 aliphatic rings. The Labute approximate surface area is 130 Å². The third-order valence-corrected chi connectivity index (χ3v) is 3.15. The normalized spacial score (nSPS) is 10.3. The van der Waals surface area contributed by atoms with Crippen LogP contribution in [0.3, 0.4) is 0 Å². The Bertz CT molecular complexity index is 628. The highest BCUT2D eigenvalue weighted by Gasteiger charge is 2.08. The van der Waals surface area contributed by atoms with Gasteiger partial charge in [-0.2, -0.15) is 0 Å². The van der Waals surface area contributed by atoms with Crippen LogP contribution < -0.4 is 10.1 Å². The van der Waals surface area contributed by atoms with Crippen molar-refractivity contribution in [2.45, 2.75) is 26.2 Å². The molecule has 4 heteroatoms. The second kappa shape index (κ2) is 8.17. The van der Waals surface area contributed by atoms with Crippen LogP contribution in [0.25, 0.3) is 0 Å².